The number of nitrogens with zero attached hydrogens (tertiary/aromatic N) is 1. The summed E-state index contributed by atoms with van der Waals surface area (Å²) in [4.78, 5) is 2.53. The molecule has 0 bridgehead atoms. The normalized spacial score (nSPS) is 23.4. The van der Waals surface area contributed by atoms with Gasteiger partial charge in [-0.3, -0.25) is 0 Å². The van der Waals surface area contributed by atoms with Crippen molar-refractivity contribution in [2.45, 2.75) is 46.7 Å². The molecule has 1 saturated heterocycles. The van der Waals surface area contributed by atoms with Gasteiger partial charge in [-0.2, -0.15) is 0 Å². The number of anilines is 1. The molecule has 1 aliphatic heterocycles. The number of rotatable bonds is 4. The van der Waals surface area contributed by atoms with Crippen LogP contribution < -0.4 is 10.2 Å². The molecule has 0 aliphatic carbocycles. The van der Waals surface area contributed by atoms with E-state index in [2.05, 4.69) is 50.0 Å². The van der Waals surface area contributed by atoms with Crippen molar-refractivity contribution < 1.29 is 0 Å². The molecule has 0 aromatic heterocycles. The quantitative estimate of drug-likeness (QED) is 0.889. The van der Waals surface area contributed by atoms with Crippen LogP contribution in [0.3, 0.4) is 0 Å². The first-order valence-electron chi connectivity index (χ1n) is 7.74. The van der Waals surface area contributed by atoms with E-state index in [1.165, 1.54) is 17.7 Å². The average Bonchev–Trinajstić information content (AvgIpc) is 2.40. The fraction of sp³-hybridized carbons (Fsp3) is 0.647. The van der Waals surface area contributed by atoms with Gasteiger partial charge in [0.1, 0.15) is 0 Å². The topological polar surface area (TPSA) is 15.3 Å². The van der Waals surface area contributed by atoms with E-state index in [9.17, 15) is 0 Å². The highest BCUT2D eigenvalue weighted by molar-refractivity contribution is 6.30. The molecular weight excluding hydrogens is 268 g/mol. The molecular formula is C17H27ClN2. The molecule has 112 valence electrons. The van der Waals surface area contributed by atoms with Gasteiger partial charge >= 0.3 is 0 Å². The lowest BCUT2D eigenvalue weighted by atomic mass is 9.88. The predicted molar refractivity (Wildman–Crippen MR) is 88.6 cm³/mol. The fourth-order valence-electron chi connectivity index (χ4n) is 2.80. The second-order valence-electron chi connectivity index (χ2n) is 6.50. The summed E-state index contributed by atoms with van der Waals surface area (Å²) in [7, 11) is 0. The molecule has 0 spiro atoms. The maximum Gasteiger partial charge on any atom is 0.0412 e. The van der Waals surface area contributed by atoms with Crippen LogP contribution in [0.2, 0.25) is 5.02 Å². The molecule has 1 fully saturated rings. The van der Waals surface area contributed by atoms with Crippen molar-refractivity contribution in [3.8, 4) is 0 Å². The van der Waals surface area contributed by atoms with Crippen LogP contribution in [0.5, 0.6) is 0 Å². The van der Waals surface area contributed by atoms with Crippen LogP contribution in [-0.2, 0) is 6.54 Å². The number of nitrogens with one attached hydrogen (secondary N) is 1. The van der Waals surface area contributed by atoms with Crippen LogP contribution in [-0.4, -0.2) is 19.1 Å². The summed E-state index contributed by atoms with van der Waals surface area (Å²) in [5.74, 6) is 1.58. The molecule has 1 heterocycles. The average molecular weight is 295 g/mol. The smallest absolute Gasteiger partial charge is 0.0412 e. The van der Waals surface area contributed by atoms with E-state index < -0.39 is 0 Å². The van der Waals surface area contributed by atoms with Crippen LogP contribution in [0.1, 0.15) is 39.7 Å². The molecule has 0 saturated carbocycles. The molecule has 3 heteroatoms. The molecule has 1 aliphatic rings. The third kappa shape index (κ3) is 3.89. The molecule has 0 radical (unpaired) electrons. The predicted octanol–water partition coefficient (Wildman–Crippen LogP) is 4.32. The zero-order chi connectivity index (χ0) is 14.7. The van der Waals surface area contributed by atoms with E-state index in [1.54, 1.807) is 0 Å². The Bertz CT molecular complexity index is 445. The maximum atomic E-state index is 6.18. The van der Waals surface area contributed by atoms with Gasteiger partial charge in [0, 0.05) is 36.4 Å². The lowest BCUT2D eigenvalue weighted by Gasteiger charge is -2.38. The van der Waals surface area contributed by atoms with E-state index in [4.69, 9.17) is 11.6 Å². The van der Waals surface area contributed by atoms with Gasteiger partial charge < -0.3 is 10.2 Å². The molecule has 1 aromatic rings. The van der Waals surface area contributed by atoms with Crippen molar-refractivity contribution in [3.05, 3.63) is 28.8 Å². The molecule has 2 rings (SSSR count). The number of piperidine rings is 1. The Morgan fingerprint density at radius 3 is 2.70 bits per heavy atom. The van der Waals surface area contributed by atoms with E-state index in [0.29, 0.717) is 6.04 Å². The first kappa shape index (κ1) is 15.7. The molecule has 1 N–H and O–H groups in total. The molecule has 2 atom stereocenters. The molecule has 2 unspecified atom stereocenters. The summed E-state index contributed by atoms with van der Waals surface area (Å²) >= 11 is 6.18. The summed E-state index contributed by atoms with van der Waals surface area (Å²) in [5, 5.41) is 4.33. The summed E-state index contributed by atoms with van der Waals surface area (Å²) in [6.07, 6.45) is 1.28. The maximum absolute atomic E-state index is 6.18. The lowest BCUT2D eigenvalue weighted by molar-refractivity contribution is 0.323. The van der Waals surface area contributed by atoms with E-state index in [0.717, 1.165) is 36.5 Å². The second-order valence-corrected chi connectivity index (χ2v) is 6.93. The van der Waals surface area contributed by atoms with Gasteiger partial charge in [-0.25, -0.2) is 0 Å². The van der Waals surface area contributed by atoms with Gasteiger partial charge in [-0.05, 0) is 42.0 Å². The number of hydrogen-bond acceptors (Lipinski definition) is 2. The second kappa shape index (κ2) is 6.82. The van der Waals surface area contributed by atoms with Crippen LogP contribution in [0.15, 0.2) is 18.2 Å². The summed E-state index contributed by atoms with van der Waals surface area (Å²) < 4.78 is 0. The van der Waals surface area contributed by atoms with Crippen molar-refractivity contribution in [3.63, 3.8) is 0 Å². The number of benzene rings is 1. The van der Waals surface area contributed by atoms with Gasteiger partial charge in [0.05, 0.1) is 0 Å². The van der Waals surface area contributed by atoms with Crippen molar-refractivity contribution >= 4 is 17.3 Å². The molecule has 20 heavy (non-hydrogen) atoms. The van der Waals surface area contributed by atoms with Gasteiger partial charge in [-0.15, -0.1) is 0 Å². The molecule has 0 amide bonds. The summed E-state index contributed by atoms with van der Waals surface area (Å²) in [6, 6.07) is 6.79. The van der Waals surface area contributed by atoms with Gasteiger partial charge in [0.2, 0.25) is 0 Å². The Morgan fingerprint density at radius 1 is 1.30 bits per heavy atom. The zero-order valence-corrected chi connectivity index (χ0v) is 13.9. The van der Waals surface area contributed by atoms with E-state index in [-0.39, 0.29) is 0 Å². The van der Waals surface area contributed by atoms with Gasteiger partial charge in [-0.1, -0.05) is 39.3 Å². The Kier molecular flexibility index (Phi) is 5.34. The van der Waals surface area contributed by atoms with Crippen LogP contribution >= 0.6 is 11.6 Å². The Balaban J connectivity index is 2.17. The van der Waals surface area contributed by atoms with Crippen LogP contribution in [0.25, 0.3) is 0 Å². The highest BCUT2D eigenvalue weighted by atomic mass is 35.5. The third-order valence-corrected chi connectivity index (χ3v) is 4.65. The minimum Gasteiger partial charge on any atom is -0.371 e. The highest BCUT2D eigenvalue weighted by Gasteiger charge is 2.24. The van der Waals surface area contributed by atoms with Crippen molar-refractivity contribution in [1.29, 1.82) is 0 Å². The zero-order valence-electron chi connectivity index (χ0n) is 13.1. The number of halogens is 1. The minimum atomic E-state index is 0.488. The van der Waals surface area contributed by atoms with Crippen LogP contribution in [0, 0.1) is 11.8 Å². The van der Waals surface area contributed by atoms with E-state index >= 15 is 0 Å². The monoisotopic (exact) mass is 294 g/mol. The van der Waals surface area contributed by atoms with Crippen molar-refractivity contribution in [1.82, 2.24) is 5.32 Å². The van der Waals surface area contributed by atoms with Gasteiger partial charge in [0.25, 0.3) is 0 Å². The van der Waals surface area contributed by atoms with Crippen molar-refractivity contribution in [2.75, 3.05) is 18.0 Å². The minimum absolute atomic E-state index is 0.488. The molecule has 2 nitrogen and oxygen atoms in total. The first-order valence-corrected chi connectivity index (χ1v) is 8.12. The van der Waals surface area contributed by atoms with Gasteiger partial charge in [0.15, 0.2) is 0 Å². The SMILES string of the molecule is CC(C)NCc1cc(Cl)ccc1N1CCC(C)C(C)C1. The third-order valence-electron chi connectivity index (χ3n) is 4.42. The summed E-state index contributed by atoms with van der Waals surface area (Å²) in [6.45, 7) is 12.3. The Hall–Kier alpha value is -0.730. The fourth-order valence-corrected chi connectivity index (χ4v) is 2.99. The number of hydrogen-bond donors (Lipinski definition) is 1. The lowest BCUT2D eigenvalue weighted by Crippen LogP contribution is -2.39. The largest absolute Gasteiger partial charge is 0.371 e. The first-order chi connectivity index (χ1) is 9.47. The standard InChI is InChI=1S/C17H27ClN2/c1-12(2)19-10-15-9-16(18)5-6-17(15)20-8-7-13(3)14(4)11-20/h5-6,9,12-14,19H,7-8,10-11H2,1-4H3. The van der Waals surface area contributed by atoms with Crippen LogP contribution in [0.4, 0.5) is 5.69 Å². The highest BCUT2D eigenvalue weighted by Crippen LogP contribution is 2.30. The van der Waals surface area contributed by atoms with Crippen molar-refractivity contribution in [2.24, 2.45) is 11.8 Å². The Morgan fingerprint density at radius 2 is 2.05 bits per heavy atom. The Labute approximate surface area is 128 Å². The molecule has 1 aromatic carbocycles. The van der Waals surface area contributed by atoms with E-state index in [1.807, 2.05) is 6.07 Å². The summed E-state index contributed by atoms with van der Waals surface area (Å²) in [5.41, 5.74) is 2.66.